The highest BCUT2D eigenvalue weighted by atomic mass is 35.5. The van der Waals surface area contributed by atoms with Crippen LogP contribution in [0.4, 0.5) is 5.69 Å². The normalized spacial score (nSPS) is 10.6. The third kappa shape index (κ3) is 3.48. The predicted molar refractivity (Wildman–Crippen MR) is 93.6 cm³/mol. The molecule has 0 atom stereocenters. The highest BCUT2D eigenvalue weighted by Gasteiger charge is 2.11. The Labute approximate surface area is 144 Å². The largest absolute Gasteiger partial charge is 0.392 e. The number of nitrogens with zero attached hydrogens (tertiary/aromatic N) is 2. The van der Waals surface area contributed by atoms with Crippen LogP contribution in [-0.4, -0.2) is 20.8 Å². The second-order valence-electron chi connectivity index (χ2n) is 5.41. The summed E-state index contributed by atoms with van der Waals surface area (Å²) in [6, 6.07) is 12.6. The second-order valence-corrected chi connectivity index (χ2v) is 5.85. The minimum Gasteiger partial charge on any atom is -0.392 e. The van der Waals surface area contributed by atoms with Crippen LogP contribution < -0.4 is 5.32 Å². The molecule has 3 aromatic rings. The van der Waals surface area contributed by atoms with Gasteiger partial charge in [0, 0.05) is 16.9 Å². The molecule has 2 aromatic carbocycles. The van der Waals surface area contributed by atoms with Crippen molar-refractivity contribution in [3.05, 3.63) is 76.6 Å². The molecule has 6 heteroatoms. The zero-order chi connectivity index (χ0) is 17.1. The van der Waals surface area contributed by atoms with E-state index in [1.807, 2.05) is 31.2 Å². The van der Waals surface area contributed by atoms with Gasteiger partial charge in [-0.05, 0) is 48.4 Å². The number of nitrogens with one attached hydrogen (secondary N) is 1. The number of hydrogen-bond donors (Lipinski definition) is 2. The van der Waals surface area contributed by atoms with Gasteiger partial charge in [-0.15, -0.1) is 0 Å². The number of halogens is 1. The first-order valence-corrected chi connectivity index (χ1v) is 7.77. The average molecular weight is 342 g/mol. The topological polar surface area (TPSA) is 67.2 Å². The van der Waals surface area contributed by atoms with Crippen LogP contribution in [0.2, 0.25) is 5.02 Å². The van der Waals surface area contributed by atoms with Crippen LogP contribution in [0, 0.1) is 6.92 Å². The van der Waals surface area contributed by atoms with E-state index in [4.69, 9.17) is 11.6 Å². The zero-order valence-corrected chi connectivity index (χ0v) is 13.8. The molecule has 0 fully saturated rings. The molecule has 5 nitrogen and oxygen atoms in total. The molecular formula is C18H16ClN3O2. The number of aryl methyl sites for hydroxylation is 1. The van der Waals surface area contributed by atoms with Gasteiger partial charge in [0.2, 0.25) is 0 Å². The standard InChI is InChI=1S/C18H16ClN3O2/c1-12-2-3-13(11-23)8-17(12)21-18(24)14-9-20-22(10-14)16-6-4-15(19)5-7-16/h2-10,23H,11H2,1H3,(H,21,24). The lowest BCUT2D eigenvalue weighted by atomic mass is 10.1. The van der Waals surface area contributed by atoms with Crippen LogP contribution in [0.25, 0.3) is 5.69 Å². The van der Waals surface area contributed by atoms with E-state index < -0.39 is 0 Å². The van der Waals surface area contributed by atoms with Crippen molar-refractivity contribution in [3.8, 4) is 5.69 Å². The van der Waals surface area contributed by atoms with E-state index in [-0.39, 0.29) is 12.5 Å². The predicted octanol–water partition coefficient (Wildman–Crippen LogP) is 3.58. The van der Waals surface area contributed by atoms with E-state index >= 15 is 0 Å². The lowest BCUT2D eigenvalue weighted by molar-refractivity contribution is 0.102. The minimum atomic E-state index is -0.256. The molecule has 1 heterocycles. The molecule has 0 aliphatic carbocycles. The minimum absolute atomic E-state index is 0.0718. The number of rotatable bonds is 4. The molecule has 122 valence electrons. The summed E-state index contributed by atoms with van der Waals surface area (Å²) in [5.74, 6) is -0.256. The lowest BCUT2D eigenvalue weighted by Crippen LogP contribution is -2.12. The van der Waals surface area contributed by atoms with Gasteiger partial charge in [-0.2, -0.15) is 5.10 Å². The number of aromatic nitrogens is 2. The molecule has 0 unspecified atom stereocenters. The number of aliphatic hydroxyl groups excluding tert-OH is 1. The quantitative estimate of drug-likeness (QED) is 0.762. The van der Waals surface area contributed by atoms with E-state index in [0.29, 0.717) is 16.3 Å². The third-order valence-electron chi connectivity index (χ3n) is 3.67. The summed E-state index contributed by atoms with van der Waals surface area (Å²) in [6.07, 6.45) is 3.17. The highest BCUT2D eigenvalue weighted by molar-refractivity contribution is 6.30. The van der Waals surface area contributed by atoms with Gasteiger partial charge in [0.15, 0.2) is 0 Å². The highest BCUT2D eigenvalue weighted by Crippen LogP contribution is 2.19. The number of benzene rings is 2. The molecular weight excluding hydrogens is 326 g/mol. The number of anilines is 1. The van der Waals surface area contributed by atoms with Crippen LogP contribution in [0.1, 0.15) is 21.5 Å². The molecule has 3 rings (SSSR count). The maximum Gasteiger partial charge on any atom is 0.258 e. The fourth-order valence-electron chi connectivity index (χ4n) is 2.27. The Hall–Kier alpha value is -2.63. The Balaban J connectivity index is 1.80. The van der Waals surface area contributed by atoms with Crippen molar-refractivity contribution in [3.63, 3.8) is 0 Å². The molecule has 0 spiro atoms. The van der Waals surface area contributed by atoms with Crippen molar-refractivity contribution in [1.29, 1.82) is 0 Å². The van der Waals surface area contributed by atoms with Crippen molar-refractivity contribution in [2.45, 2.75) is 13.5 Å². The number of carbonyl (C=O) groups excluding carboxylic acids is 1. The lowest BCUT2D eigenvalue weighted by Gasteiger charge is -2.09. The van der Waals surface area contributed by atoms with Crippen LogP contribution in [0.5, 0.6) is 0 Å². The molecule has 0 bridgehead atoms. The van der Waals surface area contributed by atoms with Crippen molar-refractivity contribution in [2.24, 2.45) is 0 Å². The maximum atomic E-state index is 12.4. The Morgan fingerprint density at radius 3 is 2.71 bits per heavy atom. The SMILES string of the molecule is Cc1ccc(CO)cc1NC(=O)c1cnn(-c2ccc(Cl)cc2)c1. The van der Waals surface area contributed by atoms with E-state index in [0.717, 1.165) is 16.8 Å². The van der Waals surface area contributed by atoms with Crippen molar-refractivity contribution < 1.29 is 9.90 Å². The Morgan fingerprint density at radius 2 is 2.00 bits per heavy atom. The van der Waals surface area contributed by atoms with Crippen molar-refractivity contribution in [2.75, 3.05) is 5.32 Å². The molecule has 0 aliphatic heterocycles. The van der Waals surface area contributed by atoms with Gasteiger partial charge < -0.3 is 10.4 Å². The van der Waals surface area contributed by atoms with Gasteiger partial charge >= 0.3 is 0 Å². The van der Waals surface area contributed by atoms with E-state index in [2.05, 4.69) is 10.4 Å². The summed E-state index contributed by atoms with van der Waals surface area (Å²) < 4.78 is 1.61. The number of carbonyl (C=O) groups is 1. The van der Waals surface area contributed by atoms with Crippen molar-refractivity contribution >= 4 is 23.2 Å². The molecule has 0 saturated heterocycles. The van der Waals surface area contributed by atoms with Gasteiger partial charge in [-0.1, -0.05) is 23.7 Å². The first kappa shape index (κ1) is 16.2. The number of hydrogen-bond acceptors (Lipinski definition) is 3. The van der Waals surface area contributed by atoms with Gasteiger partial charge in [-0.3, -0.25) is 4.79 Å². The van der Waals surface area contributed by atoms with Gasteiger partial charge in [0.1, 0.15) is 0 Å². The summed E-state index contributed by atoms with van der Waals surface area (Å²) in [7, 11) is 0. The summed E-state index contributed by atoms with van der Waals surface area (Å²) >= 11 is 5.87. The molecule has 1 amide bonds. The first-order valence-electron chi connectivity index (χ1n) is 7.39. The molecule has 2 N–H and O–H groups in total. The van der Waals surface area contributed by atoms with Crippen LogP contribution in [-0.2, 0) is 6.61 Å². The third-order valence-corrected chi connectivity index (χ3v) is 3.92. The second kappa shape index (κ2) is 6.86. The summed E-state index contributed by atoms with van der Waals surface area (Å²) in [5, 5.41) is 16.9. The van der Waals surface area contributed by atoms with Gasteiger partial charge in [-0.25, -0.2) is 4.68 Å². The summed E-state index contributed by atoms with van der Waals surface area (Å²) in [4.78, 5) is 12.4. The smallest absolute Gasteiger partial charge is 0.258 e. The van der Waals surface area contributed by atoms with Gasteiger partial charge in [0.25, 0.3) is 5.91 Å². The Morgan fingerprint density at radius 1 is 1.25 bits per heavy atom. The molecule has 0 aliphatic rings. The molecule has 24 heavy (non-hydrogen) atoms. The molecule has 0 saturated carbocycles. The number of aliphatic hydroxyl groups is 1. The first-order chi connectivity index (χ1) is 11.6. The fourth-order valence-corrected chi connectivity index (χ4v) is 2.40. The van der Waals surface area contributed by atoms with Crippen LogP contribution >= 0.6 is 11.6 Å². The van der Waals surface area contributed by atoms with E-state index in [1.54, 1.807) is 29.1 Å². The number of amides is 1. The summed E-state index contributed by atoms with van der Waals surface area (Å²) in [6.45, 7) is 1.82. The average Bonchev–Trinajstić information content (AvgIpc) is 3.07. The van der Waals surface area contributed by atoms with Crippen LogP contribution in [0.3, 0.4) is 0 Å². The van der Waals surface area contributed by atoms with Crippen molar-refractivity contribution in [1.82, 2.24) is 9.78 Å². The zero-order valence-electron chi connectivity index (χ0n) is 13.0. The molecule has 0 radical (unpaired) electrons. The Kier molecular flexibility index (Phi) is 4.64. The molecule has 1 aromatic heterocycles. The maximum absolute atomic E-state index is 12.4. The Bertz CT molecular complexity index is 872. The summed E-state index contributed by atoms with van der Waals surface area (Å²) in [5.41, 5.74) is 3.60. The van der Waals surface area contributed by atoms with E-state index in [9.17, 15) is 9.90 Å². The van der Waals surface area contributed by atoms with E-state index in [1.165, 1.54) is 6.20 Å². The van der Waals surface area contributed by atoms with Gasteiger partial charge in [0.05, 0.1) is 24.1 Å². The fraction of sp³-hybridized carbons (Fsp3) is 0.111. The monoisotopic (exact) mass is 341 g/mol. The van der Waals surface area contributed by atoms with Crippen LogP contribution in [0.15, 0.2) is 54.9 Å².